The van der Waals surface area contributed by atoms with Gasteiger partial charge >= 0.3 is 0 Å². The lowest BCUT2D eigenvalue weighted by atomic mass is 10.1. The third-order valence-corrected chi connectivity index (χ3v) is 4.69. The van der Waals surface area contributed by atoms with Crippen LogP contribution in [0.5, 0.6) is 0 Å². The lowest BCUT2D eigenvalue weighted by Gasteiger charge is -2.32. The maximum atomic E-state index is 12.5. The van der Waals surface area contributed by atoms with Gasteiger partial charge in [0.25, 0.3) is 5.91 Å². The molecule has 0 bridgehead atoms. The van der Waals surface area contributed by atoms with Crippen molar-refractivity contribution in [2.75, 3.05) is 43.4 Å². The van der Waals surface area contributed by atoms with E-state index in [4.69, 9.17) is 0 Å². The van der Waals surface area contributed by atoms with Gasteiger partial charge in [0.2, 0.25) is 5.95 Å². The Labute approximate surface area is 152 Å². The number of fused-ring (bicyclic) bond motifs is 1. The first-order valence-electron chi connectivity index (χ1n) is 8.75. The van der Waals surface area contributed by atoms with Crippen molar-refractivity contribution in [1.82, 2.24) is 14.9 Å². The van der Waals surface area contributed by atoms with Crippen LogP contribution in [0.1, 0.15) is 10.4 Å². The number of nitrogens with one attached hydrogen (secondary N) is 1. The van der Waals surface area contributed by atoms with E-state index in [9.17, 15) is 4.79 Å². The summed E-state index contributed by atoms with van der Waals surface area (Å²) in [4.78, 5) is 25.8. The Morgan fingerprint density at radius 3 is 2.38 bits per heavy atom. The van der Waals surface area contributed by atoms with Gasteiger partial charge in [0.05, 0.1) is 18.1 Å². The van der Waals surface area contributed by atoms with E-state index in [0.717, 1.165) is 37.0 Å². The minimum atomic E-state index is -0.160. The Bertz CT molecular complexity index is 917. The summed E-state index contributed by atoms with van der Waals surface area (Å²) >= 11 is 0. The summed E-state index contributed by atoms with van der Waals surface area (Å²) in [5, 5.41) is 5.03. The van der Waals surface area contributed by atoms with Crippen LogP contribution in [0.4, 0.5) is 11.6 Å². The Morgan fingerprint density at radius 2 is 1.65 bits per heavy atom. The molecule has 1 N–H and O–H groups in total. The third kappa shape index (κ3) is 3.50. The van der Waals surface area contributed by atoms with Gasteiger partial charge in [-0.05, 0) is 30.0 Å². The van der Waals surface area contributed by atoms with Crippen molar-refractivity contribution in [2.45, 2.75) is 0 Å². The first-order chi connectivity index (χ1) is 12.7. The normalized spacial score (nSPS) is 15.2. The molecule has 0 radical (unpaired) electrons. The van der Waals surface area contributed by atoms with Crippen LogP contribution in [0.2, 0.25) is 0 Å². The highest BCUT2D eigenvalue weighted by atomic mass is 16.1. The quantitative estimate of drug-likeness (QED) is 0.789. The van der Waals surface area contributed by atoms with Gasteiger partial charge in [-0.2, -0.15) is 0 Å². The molecule has 0 aliphatic carbocycles. The number of benzene rings is 2. The summed E-state index contributed by atoms with van der Waals surface area (Å²) in [6, 6.07) is 13.7. The number of aromatic nitrogens is 2. The fraction of sp³-hybridized carbons (Fsp3) is 0.250. The van der Waals surface area contributed by atoms with Crippen molar-refractivity contribution in [2.24, 2.45) is 0 Å². The van der Waals surface area contributed by atoms with Crippen LogP contribution in [-0.2, 0) is 0 Å². The van der Waals surface area contributed by atoms with Crippen molar-refractivity contribution < 1.29 is 4.79 Å². The number of rotatable bonds is 3. The molecule has 1 saturated heterocycles. The van der Waals surface area contributed by atoms with Crippen molar-refractivity contribution in [3.05, 3.63) is 60.4 Å². The predicted molar refractivity (Wildman–Crippen MR) is 104 cm³/mol. The topological polar surface area (TPSA) is 61.4 Å². The van der Waals surface area contributed by atoms with Crippen LogP contribution in [0.25, 0.3) is 10.8 Å². The molecule has 26 heavy (non-hydrogen) atoms. The molecule has 132 valence electrons. The van der Waals surface area contributed by atoms with E-state index < -0.39 is 0 Å². The molecule has 0 atom stereocenters. The van der Waals surface area contributed by atoms with Crippen LogP contribution in [0.3, 0.4) is 0 Å². The largest absolute Gasteiger partial charge is 0.338 e. The number of carbonyl (C=O) groups is 1. The average Bonchev–Trinajstić information content (AvgIpc) is 2.69. The fourth-order valence-corrected chi connectivity index (χ4v) is 3.09. The summed E-state index contributed by atoms with van der Waals surface area (Å²) in [5.41, 5.74) is 1.22. The van der Waals surface area contributed by atoms with Crippen LogP contribution in [0, 0.1) is 0 Å². The predicted octanol–water partition coefficient (Wildman–Crippen LogP) is 2.63. The van der Waals surface area contributed by atoms with E-state index in [0.29, 0.717) is 17.2 Å². The van der Waals surface area contributed by atoms with Gasteiger partial charge in [-0.25, -0.2) is 9.97 Å². The highest BCUT2D eigenvalue weighted by Crippen LogP contribution is 2.17. The molecule has 4 rings (SSSR count). The molecule has 1 aromatic heterocycles. The molecule has 0 saturated carbocycles. The highest BCUT2D eigenvalue weighted by molar-refractivity contribution is 6.06. The van der Waals surface area contributed by atoms with E-state index in [1.807, 2.05) is 42.5 Å². The number of likely N-dealkylation sites (N-methyl/N-ethyl adjacent to an activating group) is 1. The zero-order valence-electron chi connectivity index (χ0n) is 14.7. The highest BCUT2D eigenvalue weighted by Gasteiger charge is 2.16. The van der Waals surface area contributed by atoms with E-state index in [1.54, 1.807) is 12.4 Å². The van der Waals surface area contributed by atoms with E-state index in [1.165, 1.54) is 0 Å². The van der Waals surface area contributed by atoms with Gasteiger partial charge < -0.3 is 15.1 Å². The van der Waals surface area contributed by atoms with Crippen molar-refractivity contribution in [1.29, 1.82) is 0 Å². The van der Waals surface area contributed by atoms with E-state index in [2.05, 4.69) is 32.1 Å². The maximum absolute atomic E-state index is 12.5. The Kier molecular flexibility index (Phi) is 4.50. The molecule has 6 nitrogen and oxygen atoms in total. The average molecular weight is 347 g/mol. The summed E-state index contributed by atoms with van der Waals surface area (Å²) in [6.07, 6.45) is 3.33. The number of piperazine rings is 1. The van der Waals surface area contributed by atoms with E-state index in [-0.39, 0.29) is 5.91 Å². The SMILES string of the molecule is CN1CCN(c2ncc(NC(=O)c3ccc4ccccc4c3)cn2)CC1. The number of amides is 1. The van der Waals surface area contributed by atoms with Gasteiger partial charge in [-0.1, -0.05) is 30.3 Å². The second-order valence-electron chi connectivity index (χ2n) is 6.58. The number of hydrogen-bond acceptors (Lipinski definition) is 5. The summed E-state index contributed by atoms with van der Waals surface area (Å²) < 4.78 is 0. The van der Waals surface area contributed by atoms with Crippen molar-refractivity contribution in [3.63, 3.8) is 0 Å². The second-order valence-corrected chi connectivity index (χ2v) is 6.58. The van der Waals surface area contributed by atoms with E-state index >= 15 is 0 Å². The van der Waals surface area contributed by atoms with Gasteiger partial charge in [0.15, 0.2) is 0 Å². The fourth-order valence-electron chi connectivity index (χ4n) is 3.09. The monoisotopic (exact) mass is 347 g/mol. The Morgan fingerprint density at radius 1 is 0.962 bits per heavy atom. The first-order valence-corrected chi connectivity index (χ1v) is 8.75. The first kappa shape index (κ1) is 16.5. The molecule has 1 aliphatic heterocycles. The van der Waals surface area contributed by atoms with Crippen LogP contribution < -0.4 is 10.2 Å². The molecular weight excluding hydrogens is 326 g/mol. The zero-order valence-corrected chi connectivity index (χ0v) is 14.7. The number of hydrogen-bond donors (Lipinski definition) is 1. The molecule has 2 heterocycles. The Hall–Kier alpha value is -2.99. The van der Waals surface area contributed by atoms with Gasteiger partial charge in [0.1, 0.15) is 0 Å². The van der Waals surface area contributed by atoms with Gasteiger partial charge in [-0.3, -0.25) is 4.79 Å². The number of nitrogens with zero attached hydrogens (tertiary/aromatic N) is 4. The molecule has 2 aromatic carbocycles. The maximum Gasteiger partial charge on any atom is 0.255 e. The van der Waals surface area contributed by atoms with Gasteiger partial charge in [-0.15, -0.1) is 0 Å². The molecular formula is C20H21N5O. The molecule has 1 amide bonds. The molecule has 1 fully saturated rings. The number of anilines is 2. The minimum Gasteiger partial charge on any atom is -0.338 e. The minimum absolute atomic E-state index is 0.160. The smallest absolute Gasteiger partial charge is 0.255 e. The lowest BCUT2D eigenvalue weighted by molar-refractivity contribution is 0.102. The lowest BCUT2D eigenvalue weighted by Crippen LogP contribution is -2.45. The van der Waals surface area contributed by atoms with Gasteiger partial charge in [0, 0.05) is 31.7 Å². The molecule has 0 unspecified atom stereocenters. The van der Waals surface area contributed by atoms with Crippen LogP contribution in [-0.4, -0.2) is 54.0 Å². The summed E-state index contributed by atoms with van der Waals surface area (Å²) in [6.45, 7) is 3.84. The van der Waals surface area contributed by atoms with Crippen molar-refractivity contribution in [3.8, 4) is 0 Å². The molecule has 0 spiro atoms. The van der Waals surface area contributed by atoms with Crippen molar-refractivity contribution >= 4 is 28.3 Å². The Balaban J connectivity index is 1.45. The standard InChI is InChI=1S/C20H21N5O/c1-24-8-10-25(11-9-24)20-21-13-18(14-22-20)23-19(26)17-7-6-15-4-2-3-5-16(15)12-17/h2-7,12-14H,8-11H2,1H3,(H,23,26). The van der Waals surface area contributed by atoms with Crippen LogP contribution >= 0.6 is 0 Å². The third-order valence-electron chi connectivity index (χ3n) is 4.69. The summed E-state index contributed by atoms with van der Waals surface area (Å²) in [5.74, 6) is 0.550. The molecule has 3 aromatic rings. The van der Waals surface area contributed by atoms with Crippen LogP contribution in [0.15, 0.2) is 54.9 Å². The second kappa shape index (κ2) is 7.09. The molecule has 1 aliphatic rings. The zero-order chi connectivity index (χ0) is 17.9. The summed E-state index contributed by atoms with van der Waals surface area (Å²) in [7, 11) is 2.11. The number of carbonyl (C=O) groups excluding carboxylic acids is 1. The molecule has 6 heteroatoms.